The number of hydrogen-bond acceptors (Lipinski definition) is 3. The number of nitrogens with zero attached hydrogens (tertiary/aromatic N) is 1. The molecule has 1 N–H and O–H groups in total. The zero-order valence-electron chi connectivity index (χ0n) is 21.2. The molecule has 1 aromatic heterocycles. The molecule has 0 fully saturated rings. The Hall–Kier alpha value is -3.33. The molecule has 1 heterocycles. The number of carbonyl (C=O) groups is 1. The van der Waals surface area contributed by atoms with Crippen molar-refractivity contribution in [2.45, 2.75) is 40.5 Å². The van der Waals surface area contributed by atoms with Crippen LogP contribution in [0.1, 0.15) is 44.7 Å². The first-order chi connectivity index (χ1) is 16.7. The second-order valence-corrected chi connectivity index (χ2v) is 9.27. The van der Waals surface area contributed by atoms with Gasteiger partial charge in [-0.15, -0.1) is 29.1 Å². The van der Waals surface area contributed by atoms with Crippen LogP contribution >= 0.6 is 0 Å². The van der Waals surface area contributed by atoms with Crippen molar-refractivity contribution in [3.05, 3.63) is 102 Å². The van der Waals surface area contributed by atoms with Gasteiger partial charge in [-0.1, -0.05) is 80.3 Å². The summed E-state index contributed by atoms with van der Waals surface area (Å²) in [7, 11) is 0. The van der Waals surface area contributed by atoms with Crippen molar-refractivity contribution in [3.8, 4) is 11.3 Å². The number of ketones is 1. The Morgan fingerprint density at radius 2 is 1.69 bits per heavy atom. The second kappa shape index (κ2) is 11.6. The Morgan fingerprint density at radius 1 is 0.944 bits per heavy atom. The molecule has 0 aliphatic carbocycles. The van der Waals surface area contributed by atoms with Crippen molar-refractivity contribution < 1.29 is 30.0 Å². The maximum Gasteiger partial charge on any atom is 0.155 e. The Balaban J connectivity index is 0.000000400. The topological polar surface area (TPSA) is 50.2 Å². The van der Waals surface area contributed by atoms with Crippen LogP contribution in [0.2, 0.25) is 0 Å². The Labute approximate surface area is 226 Å². The van der Waals surface area contributed by atoms with Gasteiger partial charge in [0, 0.05) is 38.1 Å². The fraction of sp³-hybridized carbons (Fsp3) is 0.188. The third-order valence-electron chi connectivity index (χ3n) is 6.08. The number of hydrogen-bond donors (Lipinski definition) is 1. The number of allylic oxidation sites excluding steroid dienone is 2. The van der Waals surface area contributed by atoms with Crippen molar-refractivity contribution >= 4 is 38.1 Å². The minimum atomic E-state index is -0.125. The largest absolute Gasteiger partial charge is 0.512 e. The minimum absolute atomic E-state index is 0. The summed E-state index contributed by atoms with van der Waals surface area (Å²) in [6, 6.07) is 27.6. The van der Waals surface area contributed by atoms with Crippen molar-refractivity contribution in [1.82, 2.24) is 4.98 Å². The summed E-state index contributed by atoms with van der Waals surface area (Å²) in [5.41, 5.74) is 4.68. The molecule has 0 aliphatic heterocycles. The van der Waals surface area contributed by atoms with Gasteiger partial charge < -0.3 is 5.11 Å². The van der Waals surface area contributed by atoms with Crippen LogP contribution in [0, 0.1) is 13.0 Å². The number of fused-ring (bicyclic) bond motifs is 4. The van der Waals surface area contributed by atoms with Gasteiger partial charge in [0.05, 0.1) is 5.76 Å². The van der Waals surface area contributed by atoms with E-state index in [-0.39, 0.29) is 31.6 Å². The zero-order chi connectivity index (χ0) is 25.1. The van der Waals surface area contributed by atoms with Gasteiger partial charge in [0.25, 0.3) is 0 Å². The van der Waals surface area contributed by atoms with Crippen LogP contribution in [0.4, 0.5) is 0 Å². The van der Waals surface area contributed by atoms with Gasteiger partial charge in [0.15, 0.2) is 5.78 Å². The van der Waals surface area contributed by atoms with Gasteiger partial charge in [-0.2, -0.15) is 0 Å². The van der Waals surface area contributed by atoms with Crippen LogP contribution in [-0.2, 0) is 24.9 Å². The predicted octanol–water partition coefficient (Wildman–Crippen LogP) is 8.47. The summed E-state index contributed by atoms with van der Waals surface area (Å²) in [6.07, 6.45) is 3.08. The molecule has 0 atom stereocenters. The van der Waals surface area contributed by atoms with Gasteiger partial charge in [0.2, 0.25) is 0 Å². The van der Waals surface area contributed by atoms with Gasteiger partial charge in [-0.05, 0) is 52.9 Å². The molecule has 0 saturated heterocycles. The number of pyridine rings is 1. The third kappa shape index (κ3) is 5.90. The molecule has 4 heteroatoms. The molecule has 0 saturated carbocycles. The summed E-state index contributed by atoms with van der Waals surface area (Å²) in [5.74, 6) is 0.455. The smallest absolute Gasteiger partial charge is 0.155 e. The van der Waals surface area contributed by atoms with E-state index < -0.39 is 0 Å². The number of aliphatic hydroxyl groups is 1. The fourth-order valence-corrected chi connectivity index (χ4v) is 4.46. The van der Waals surface area contributed by atoms with E-state index in [0.717, 1.165) is 16.6 Å². The average molecular weight is 653 g/mol. The van der Waals surface area contributed by atoms with E-state index >= 15 is 0 Å². The molecule has 5 rings (SSSR count). The standard InChI is InChI=1S/C27H22N.C5H8O2.Ir/c1-17(2)20-10-11-25-21(15-20)12-13-28-27(25)23-14-18(3)26-22(16-23)9-8-19-6-4-5-7-24(19)26;1-4(6)3-5(2)7;/h4-15,17H,1-3H3;3,6H,1-2H3;/q-1;;/b;4-3-;. The van der Waals surface area contributed by atoms with E-state index in [1.165, 1.54) is 58.0 Å². The molecule has 1 radical (unpaired) electrons. The monoisotopic (exact) mass is 653 g/mol. The number of aromatic nitrogens is 1. The van der Waals surface area contributed by atoms with Gasteiger partial charge >= 0.3 is 0 Å². The number of aliphatic hydroxyl groups excluding tert-OH is 1. The van der Waals surface area contributed by atoms with Crippen molar-refractivity contribution in [2.75, 3.05) is 0 Å². The van der Waals surface area contributed by atoms with Crippen molar-refractivity contribution in [1.29, 1.82) is 0 Å². The second-order valence-electron chi connectivity index (χ2n) is 9.27. The van der Waals surface area contributed by atoms with Crippen molar-refractivity contribution in [3.63, 3.8) is 0 Å². The molecule has 0 aliphatic rings. The fourth-order valence-electron chi connectivity index (χ4n) is 4.46. The molecule has 0 amide bonds. The zero-order valence-corrected chi connectivity index (χ0v) is 23.6. The van der Waals surface area contributed by atoms with Crippen LogP contribution in [0.15, 0.2) is 84.8 Å². The maximum absolute atomic E-state index is 10.0. The summed E-state index contributed by atoms with van der Waals surface area (Å²) in [5, 5.41) is 15.8. The molecule has 5 aromatic rings. The van der Waals surface area contributed by atoms with E-state index in [4.69, 9.17) is 10.1 Å². The van der Waals surface area contributed by atoms with E-state index in [1.54, 1.807) is 0 Å². The summed E-state index contributed by atoms with van der Waals surface area (Å²) in [6.45, 7) is 9.50. The van der Waals surface area contributed by atoms with E-state index in [2.05, 4.69) is 93.6 Å². The van der Waals surface area contributed by atoms with Crippen LogP contribution in [0.25, 0.3) is 43.6 Å². The predicted molar refractivity (Wildman–Crippen MR) is 147 cm³/mol. The normalized spacial score (nSPS) is 11.3. The SMILES string of the molecule is CC(=O)/C=C(/C)O.Cc1cc(-c2nccc3cc(C(C)C)ccc23)[c-]c2ccc3ccccc3c12.[Ir]. The Kier molecular flexibility index (Phi) is 8.79. The quantitative estimate of drug-likeness (QED) is 0.0921. The van der Waals surface area contributed by atoms with E-state index in [0.29, 0.717) is 5.92 Å². The first-order valence-electron chi connectivity index (χ1n) is 11.9. The molecule has 36 heavy (non-hydrogen) atoms. The van der Waals surface area contributed by atoms with Gasteiger partial charge in [-0.3, -0.25) is 9.78 Å². The molecule has 185 valence electrons. The summed E-state index contributed by atoms with van der Waals surface area (Å²) in [4.78, 5) is 14.7. The number of rotatable bonds is 3. The van der Waals surface area contributed by atoms with Crippen LogP contribution in [0.5, 0.6) is 0 Å². The minimum Gasteiger partial charge on any atom is -0.512 e. The van der Waals surface area contributed by atoms with Crippen LogP contribution in [-0.4, -0.2) is 15.9 Å². The molecule has 4 aromatic carbocycles. The molecular weight excluding hydrogens is 623 g/mol. The first-order valence-corrected chi connectivity index (χ1v) is 11.9. The third-order valence-corrected chi connectivity index (χ3v) is 6.08. The van der Waals surface area contributed by atoms with E-state index in [1.807, 2.05) is 6.20 Å². The van der Waals surface area contributed by atoms with Crippen LogP contribution in [0.3, 0.4) is 0 Å². The summed E-state index contributed by atoms with van der Waals surface area (Å²) < 4.78 is 0. The number of carbonyl (C=O) groups excluding carboxylic acids is 1. The number of benzene rings is 4. The Bertz CT molecular complexity index is 1580. The summed E-state index contributed by atoms with van der Waals surface area (Å²) >= 11 is 0. The maximum atomic E-state index is 10.0. The van der Waals surface area contributed by atoms with Crippen LogP contribution < -0.4 is 0 Å². The van der Waals surface area contributed by atoms with E-state index in [9.17, 15) is 4.79 Å². The van der Waals surface area contributed by atoms with Crippen molar-refractivity contribution in [2.24, 2.45) is 0 Å². The molecule has 0 unspecified atom stereocenters. The van der Waals surface area contributed by atoms with Gasteiger partial charge in [-0.25, -0.2) is 0 Å². The molecular formula is C32H30IrNO2-. The number of aryl methyl sites for hydroxylation is 1. The average Bonchev–Trinajstić information content (AvgIpc) is 2.82. The molecule has 3 nitrogen and oxygen atoms in total. The molecule has 0 spiro atoms. The van der Waals surface area contributed by atoms with Gasteiger partial charge in [0.1, 0.15) is 0 Å². The Morgan fingerprint density at radius 3 is 2.36 bits per heavy atom. The first kappa shape index (κ1) is 27.3. The molecule has 0 bridgehead atoms.